The molecule has 0 spiro atoms. The Morgan fingerprint density at radius 3 is 1.92 bits per heavy atom. The van der Waals surface area contributed by atoms with Crippen molar-refractivity contribution in [2.24, 2.45) is 0 Å². The van der Waals surface area contributed by atoms with E-state index in [2.05, 4.69) is 20.4 Å². The van der Waals surface area contributed by atoms with E-state index in [-0.39, 0.29) is 19.4 Å². The van der Waals surface area contributed by atoms with Gasteiger partial charge in [-0.05, 0) is 45.4 Å². The summed E-state index contributed by atoms with van der Waals surface area (Å²) >= 11 is 0. The van der Waals surface area contributed by atoms with Gasteiger partial charge in [0.05, 0.1) is 32.2 Å². The molecule has 0 saturated heterocycles. The second-order valence-corrected chi connectivity index (χ2v) is 11.8. The summed E-state index contributed by atoms with van der Waals surface area (Å²) in [6, 6.07) is 29.9. The number of methoxy groups -OCH3 is 1. The highest BCUT2D eigenvalue weighted by atomic mass is 19.4. The van der Waals surface area contributed by atoms with Crippen molar-refractivity contribution in [3.05, 3.63) is 120 Å². The first-order chi connectivity index (χ1) is 25.0. The zero-order valence-corrected chi connectivity index (χ0v) is 27.9. The molecule has 2 N–H and O–H groups in total. The fraction of sp³-hybridized carbons (Fsp3) is 0.237. The van der Waals surface area contributed by atoms with Crippen LogP contribution < -0.4 is 10.6 Å². The van der Waals surface area contributed by atoms with Crippen LogP contribution in [0.5, 0.6) is 0 Å². The Morgan fingerprint density at radius 2 is 1.33 bits per heavy atom. The quantitative estimate of drug-likeness (QED) is 0.131. The van der Waals surface area contributed by atoms with Gasteiger partial charge >= 0.3 is 24.2 Å². The number of amides is 3. The number of rotatable bonds is 12. The standard InChI is InChI=1S/C38H34F3N3O8/c1-50-37(49)44(35-29-14-7-5-12-27(29)28-13-6-8-15-30(28)35)21-9-16-32(45)42-23-33(46)43-31(22-34(47)51-52-36(48)38(39,40)41)26-19-17-25(18-20-26)24-10-3-2-4-11-24/h2-8,10-15,17-20,31,35H,9,16,21-23H2,1H3,(H,42,45)(H,43,46). The average molecular weight is 718 g/mol. The molecule has 1 unspecified atom stereocenters. The SMILES string of the molecule is COC(=O)N(CCCC(=O)NCC(=O)NC(CC(=O)OOC(=O)C(F)(F)F)c1ccc(-c2ccccc2)cc1)C1c2ccccc2-c2ccccc21. The van der Waals surface area contributed by atoms with Crippen LogP contribution in [0.15, 0.2) is 103 Å². The maximum absolute atomic E-state index is 13.0. The van der Waals surface area contributed by atoms with Crippen LogP contribution in [0.3, 0.4) is 0 Å². The van der Waals surface area contributed by atoms with E-state index in [1.165, 1.54) is 7.11 Å². The summed E-state index contributed by atoms with van der Waals surface area (Å²) in [5, 5.41) is 5.06. The van der Waals surface area contributed by atoms with Gasteiger partial charge in [0.2, 0.25) is 11.8 Å². The fourth-order valence-corrected chi connectivity index (χ4v) is 5.95. The second kappa shape index (κ2) is 16.7. The number of hydrogen-bond donors (Lipinski definition) is 2. The lowest BCUT2D eigenvalue weighted by Gasteiger charge is -2.29. The van der Waals surface area contributed by atoms with Gasteiger partial charge in [-0.3, -0.25) is 14.5 Å². The minimum absolute atomic E-state index is 0.0436. The first kappa shape index (κ1) is 37.1. The van der Waals surface area contributed by atoms with Gasteiger partial charge in [0.15, 0.2) is 0 Å². The Labute approximate surface area is 296 Å². The minimum Gasteiger partial charge on any atom is -0.453 e. The predicted molar refractivity (Wildman–Crippen MR) is 181 cm³/mol. The molecule has 0 aromatic heterocycles. The lowest BCUT2D eigenvalue weighted by molar-refractivity contribution is -0.286. The summed E-state index contributed by atoms with van der Waals surface area (Å²) in [5.41, 5.74) is 5.96. The summed E-state index contributed by atoms with van der Waals surface area (Å²) in [5.74, 6) is -5.29. The first-order valence-electron chi connectivity index (χ1n) is 16.2. The van der Waals surface area contributed by atoms with E-state index < -0.39 is 61.1 Å². The number of hydrogen-bond acceptors (Lipinski definition) is 8. The van der Waals surface area contributed by atoms with E-state index in [1.807, 2.05) is 78.9 Å². The monoisotopic (exact) mass is 717 g/mol. The molecule has 270 valence electrons. The maximum Gasteiger partial charge on any atom is 0.495 e. The Bertz CT molecular complexity index is 1870. The third-order valence-electron chi connectivity index (χ3n) is 8.34. The molecule has 3 amide bonds. The molecule has 11 nitrogen and oxygen atoms in total. The Morgan fingerprint density at radius 1 is 0.750 bits per heavy atom. The summed E-state index contributed by atoms with van der Waals surface area (Å²) in [6.45, 7) is -0.332. The Balaban J connectivity index is 1.19. The van der Waals surface area contributed by atoms with Crippen molar-refractivity contribution < 1.29 is 51.7 Å². The lowest BCUT2D eigenvalue weighted by Crippen LogP contribution is -2.40. The summed E-state index contributed by atoms with van der Waals surface area (Å²) in [4.78, 5) is 71.2. The maximum atomic E-state index is 13.0. The smallest absolute Gasteiger partial charge is 0.453 e. The number of carbonyl (C=O) groups is 5. The van der Waals surface area contributed by atoms with Gasteiger partial charge in [-0.1, -0.05) is 103 Å². The number of carbonyl (C=O) groups excluding carboxylic acids is 5. The molecule has 14 heteroatoms. The highest BCUT2D eigenvalue weighted by molar-refractivity contribution is 5.86. The molecule has 52 heavy (non-hydrogen) atoms. The minimum atomic E-state index is -5.38. The molecule has 4 aromatic carbocycles. The number of ether oxygens (including phenoxy) is 1. The van der Waals surface area contributed by atoms with E-state index >= 15 is 0 Å². The van der Waals surface area contributed by atoms with Crippen molar-refractivity contribution in [3.8, 4) is 22.3 Å². The van der Waals surface area contributed by atoms with Gasteiger partial charge in [0.1, 0.15) is 0 Å². The number of nitrogens with one attached hydrogen (secondary N) is 2. The lowest BCUT2D eigenvalue weighted by atomic mass is 9.99. The van der Waals surface area contributed by atoms with Crippen LogP contribution >= 0.6 is 0 Å². The van der Waals surface area contributed by atoms with Gasteiger partial charge in [0.25, 0.3) is 0 Å². The van der Waals surface area contributed by atoms with E-state index in [1.54, 1.807) is 29.2 Å². The van der Waals surface area contributed by atoms with E-state index in [0.29, 0.717) is 5.56 Å². The zero-order chi connectivity index (χ0) is 37.3. The molecular weight excluding hydrogens is 683 g/mol. The molecule has 5 rings (SSSR count). The van der Waals surface area contributed by atoms with Gasteiger partial charge in [-0.25, -0.2) is 24.2 Å². The van der Waals surface area contributed by atoms with Crippen molar-refractivity contribution in [2.75, 3.05) is 20.2 Å². The van der Waals surface area contributed by atoms with Crippen LogP contribution in [-0.4, -0.2) is 61.1 Å². The van der Waals surface area contributed by atoms with E-state index in [4.69, 9.17) is 4.74 Å². The Kier molecular flexibility index (Phi) is 11.9. The number of fused-ring (bicyclic) bond motifs is 3. The molecular formula is C38H34F3N3O8. The summed E-state index contributed by atoms with van der Waals surface area (Å²) < 4.78 is 42.6. The summed E-state index contributed by atoms with van der Waals surface area (Å²) in [6.07, 6.45) is -6.46. The van der Waals surface area contributed by atoms with E-state index in [9.17, 15) is 37.1 Å². The highest BCUT2D eigenvalue weighted by Crippen LogP contribution is 2.46. The van der Waals surface area contributed by atoms with Gasteiger partial charge < -0.3 is 15.4 Å². The van der Waals surface area contributed by atoms with E-state index in [0.717, 1.165) is 33.4 Å². The largest absolute Gasteiger partial charge is 0.495 e. The molecule has 0 saturated carbocycles. The van der Waals surface area contributed by atoms with Gasteiger partial charge in [-0.2, -0.15) is 13.2 Å². The van der Waals surface area contributed by atoms with Crippen LogP contribution in [0.2, 0.25) is 0 Å². The molecule has 0 bridgehead atoms. The van der Waals surface area contributed by atoms with Crippen molar-refractivity contribution in [1.82, 2.24) is 15.5 Å². The van der Waals surface area contributed by atoms with Crippen molar-refractivity contribution in [3.63, 3.8) is 0 Å². The van der Waals surface area contributed by atoms with Gasteiger partial charge in [0, 0.05) is 13.0 Å². The van der Waals surface area contributed by atoms with Crippen LogP contribution in [0.4, 0.5) is 18.0 Å². The van der Waals surface area contributed by atoms with Crippen LogP contribution in [0, 0.1) is 0 Å². The van der Waals surface area contributed by atoms with Crippen molar-refractivity contribution in [2.45, 2.75) is 37.5 Å². The molecule has 0 aliphatic heterocycles. The molecule has 0 heterocycles. The molecule has 0 fully saturated rings. The van der Waals surface area contributed by atoms with Crippen LogP contribution in [0.25, 0.3) is 22.3 Å². The Hall–Kier alpha value is -6.18. The predicted octanol–water partition coefficient (Wildman–Crippen LogP) is 6.20. The summed E-state index contributed by atoms with van der Waals surface area (Å²) in [7, 11) is 1.28. The molecule has 1 aliphatic rings. The third kappa shape index (κ3) is 9.13. The fourth-order valence-electron chi connectivity index (χ4n) is 5.95. The average Bonchev–Trinajstić information content (AvgIpc) is 3.48. The molecule has 1 atom stereocenters. The van der Waals surface area contributed by atoms with Crippen molar-refractivity contribution >= 4 is 29.8 Å². The second-order valence-electron chi connectivity index (χ2n) is 11.8. The normalized spacial score (nSPS) is 12.5. The number of halogens is 3. The van der Waals surface area contributed by atoms with Crippen molar-refractivity contribution in [1.29, 1.82) is 0 Å². The van der Waals surface area contributed by atoms with Gasteiger partial charge in [-0.15, -0.1) is 0 Å². The number of alkyl halides is 3. The molecule has 4 aromatic rings. The van der Waals surface area contributed by atoms with Crippen LogP contribution in [0.1, 0.15) is 48.0 Å². The third-order valence-corrected chi connectivity index (χ3v) is 8.34. The van der Waals surface area contributed by atoms with Crippen LogP contribution in [-0.2, 0) is 33.7 Å². The zero-order valence-electron chi connectivity index (χ0n) is 27.9. The molecule has 1 aliphatic carbocycles. The first-order valence-corrected chi connectivity index (χ1v) is 16.2. The molecule has 0 radical (unpaired) electrons. The topological polar surface area (TPSA) is 140 Å². The number of nitrogens with zero attached hydrogens (tertiary/aromatic N) is 1. The number of benzene rings is 4. The highest BCUT2D eigenvalue weighted by Gasteiger charge is 2.43.